The molecule has 0 aliphatic carbocycles. The number of nitriles is 1. The average Bonchev–Trinajstić information content (AvgIpc) is 3.25. The van der Waals surface area contributed by atoms with Gasteiger partial charge in [0.25, 0.3) is 5.91 Å². The fraction of sp³-hybridized carbons (Fsp3) is 0.273. The highest BCUT2D eigenvalue weighted by atomic mass is 19.2. The minimum atomic E-state index is -1.60. The average molecular weight is 487 g/mol. The van der Waals surface area contributed by atoms with Crippen LogP contribution in [0.25, 0.3) is 0 Å². The first-order chi connectivity index (χ1) is 16.8. The minimum Gasteiger partial charge on any atom is -0.479 e. The SMILES string of the molecule is COc1nn(C)cc1C(=O)Nc1cc(C#N)ncc1N1CCN(Oc2ccc(F)c(F)c2F)CC1. The molecule has 2 aromatic heterocycles. The highest BCUT2D eigenvalue weighted by molar-refractivity contribution is 6.07. The molecular formula is C22H20F3N7O3. The van der Waals surface area contributed by atoms with Crippen molar-refractivity contribution in [3.8, 4) is 17.7 Å². The summed E-state index contributed by atoms with van der Waals surface area (Å²) in [5.74, 6) is -5.06. The van der Waals surface area contributed by atoms with E-state index in [-0.39, 0.29) is 30.2 Å². The van der Waals surface area contributed by atoms with Crippen LogP contribution in [0.1, 0.15) is 16.1 Å². The topological polar surface area (TPSA) is 109 Å². The van der Waals surface area contributed by atoms with Gasteiger partial charge in [0.2, 0.25) is 11.7 Å². The van der Waals surface area contributed by atoms with Crippen molar-refractivity contribution in [2.24, 2.45) is 7.05 Å². The van der Waals surface area contributed by atoms with Crippen molar-refractivity contribution in [3.63, 3.8) is 0 Å². The summed E-state index contributed by atoms with van der Waals surface area (Å²) in [4.78, 5) is 24.3. The third-order valence-electron chi connectivity index (χ3n) is 5.29. The number of hydrogen-bond donors (Lipinski definition) is 1. The zero-order chi connectivity index (χ0) is 25.1. The number of piperazine rings is 1. The molecule has 0 spiro atoms. The van der Waals surface area contributed by atoms with E-state index in [1.54, 1.807) is 7.05 Å². The molecule has 4 rings (SSSR count). The summed E-state index contributed by atoms with van der Waals surface area (Å²) in [7, 11) is 3.05. The third kappa shape index (κ3) is 4.97. The number of aromatic nitrogens is 3. The first-order valence-corrected chi connectivity index (χ1v) is 10.4. The molecule has 13 heteroatoms. The summed E-state index contributed by atoms with van der Waals surface area (Å²) in [5, 5.41) is 17.5. The molecule has 182 valence electrons. The van der Waals surface area contributed by atoms with E-state index >= 15 is 0 Å². The lowest BCUT2D eigenvalue weighted by Crippen LogP contribution is -2.48. The molecule has 1 saturated heterocycles. The van der Waals surface area contributed by atoms with E-state index in [1.165, 1.54) is 35.3 Å². The number of halogens is 3. The zero-order valence-electron chi connectivity index (χ0n) is 18.8. The molecule has 0 bridgehead atoms. The van der Waals surface area contributed by atoms with Crippen LogP contribution in [0.2, 0.25) is 0 Å². The molecule has 1 fully saturated rings. The van der Waals surface area contributed by atoms with Crippen molar-refractivity contribution < 1.29 is 27.5 Å². The van der Waals surface area contributed by atoms with Crippen molar-refractivity contribution in [2.75, 3.05) is 43.5 Å². The normalized spacial score (nSPS) is 13.9. The maximum absolute atomic E-state index is 13.9. The molecule has 0 radical (unpaired) electrons. The van der Waals surface area contributed by atoms with Gasteiger partial charge in [0.1, 0.15) is 17.3 Å². The van der Waals surface area contributed by atoms with Crippen LogP contribution in [0, 0.1) is 28.8 Å². The van der Waals surface area contributed by atoms with Crippen molar-refractivity contribution in [3.05, 3.63) is 59.3 Å². The predicted octanol–water partition coefficient (Wildman–Crippen LogP) is 2.48. The molecular weight excluding hydrogens is 467 g/mol. The van der Waals surface area contributed by atoms with E-state index in [0.717, 1.165) is 12.1 Å². The van der Waals surface area contributed by atoms with Crippen molar-refractivity contribution >= 4 is 17.3 Å². The van der Waals surface area contributed by atoms with E-state index in [9.17, 15) is 23.2 Å². The van der Waals surface area contributed by atoms with Crippen LogP contribution in [0.5, 0.6) is 11.6 Å². The van der Waals surface area contributed by atoms with Crippen LogP contribution in [0.4, 0.5) is 24.5 Å². The van der Waals surface area contributed by atoms with E-state index < -0.39 is 29.1 Å². The fourth-order valence-electron chi connectivity index (χ4n) is 3.56. The van der Waals surface area contributed by atoms with Gasteiger partial charge in [0, 0.05) is 32.4 Å². The molecule has 1 aliphatic rings. The Labute approximate surface area is 198 Å². The van der Waals surface area contributed by atoms with Crippen LogP contribution in [-0.4, -0.2) is 59.0 Å². The molecule has 1 amide bonds. The largest absolute Gasteiger partial charge is 0.479 e. The molecule has 35 heavy (non-hydrogen) atoms. The fourth-order valence-corrected chi connectivity index (χ4v) is 3.56. The first kappa shape index (κ1) is 23.8. The number of aryl methyl sites for hydroxylation is 1. The number of pyridine rings is 1. The minimum absolute atomic E-state index is 0.109. The molecule has 0 saturated carbocycles. The summed E-state index contributed by atoms with van der Waals surface area (Å²) in [6, 6.07) is 5.21. The van der Waals surface area contributed by atoms with Gasteiger partial charge in [-0.25, -0.2) is 13.8 Å². The second-order valence-corrected chi connectivity index (χ2v) is 7.56. The molecule has 1 aliphatic heterocycles. The number of methoxy groups -OCH3 is 1. The summed E-state index contributed by atoms with van der Waals surface area (Å²) in [6.45, 7) is 1.31. The van der Waals surface area contributed by atoms with Gasteiger partial charge in [-0.3, -0.25) is 9.48 Å². The number of carbonyl (C=O) groups excluding carboxylic acids is 1. The van der Waals surface area contributed by atoms with Gasteiger partial charge in [-0.05, 0) is 12.1 Å². The third-order valence-corrected chi connectivity index (χ3v) is 5.29. The maximum atomic E-state index is 13.9. The lowest BCUT2D eigenvalue weighted by Gasteiger charge is -2.36. The number of hydrogen-bond acceptors (Lipinski definition) is 8. The molecule has 0 unspecified atom stereocenters. The summed E-state index contributed by atoms with van der Waals surface area (Å²) in [5.41, 5.74) is 1.23. The van der Waals surface area contributed by atoms with Crippen molar-refractivity contribution in [1.29, 1.82) is 5.26 Å². The van der Waals surface area contributed by atoms with Crippen LogP contribution in [0.3, 0.4) is 0 Å². The highest BCUT2D eigenvalue weighted by Crippen LogP contribution is 2.29. The molecule has 0 atom stereocenters. The molecule has 10 nitrogen and oxygen atoms in total. The number of rotatable bonds is 6. The Kier molecular flexibility index (Phi) is 6.74. The van der Waals surface area contributed by atoms with Gasteiger partial charge < -0.3 is 19.8 Å². The van der Waals surface area contributed by atoms with Crippen LogP contribution in [-0.2, 0) is 7.05 Å². The lowest BCUT2D eigenvalue weighted by molar-refractivity contribution is -0.0655. The van der Waals surface area contributed by atoms with Gasteiger partial charge in [0.05, 0.1) is 37.8 Å². The number of anilines is 2. The number of hydroxylamine groups is 2. The van der Waals surface area contributed by atoms with Gasteiger partial charge in [-0.15, -0.1) is 10.2 Å². The Hall–Kier alpha value is -4.31. The standard InChI is InChI=1S/C22H20F3N7O3/c1-30-12-14(22(29-30)34-2)21(33)28-16-9-13(10-26)27-11-17(16)31-5-7-32(8-6-31)35-18-4-3-15(23)19(24)20(18)25/h3-4,9,11-12H,5-8H2,1-2H3,(H,27,28,33). The molecule has 3 heterocycles. The Bertz CT molecular complexity index is 1300. The molecule has 1 N–H and O–H groups in total. The summed E-state index contributed by atoms with van der Waals surface area (Å²) < 4.78 is 47.1. The van der Waals surface area contributed by atoms with E-state index in [2.05, 4.69) is 15.4 Å². The number of benzene rings is 1. The number of nitrogens with zero attached hydrogens (tertiary/aromatic N) is 6. The second-order valence-electron chi connectivity index (χ2n) is 7.56. The van der Waals surface area contributed by atoms with Crippen LogP contribution in [0.15, 0.2) is 30.6 Å². The monoisotopic (exact) mass is 487 g/mol. The maximum Gasteiger partial charge on any atom is 0.262 e. The number of nitrogens with one attached hydrogen (secondary N) is 1. The van der Waals surface area contributed by atoms with E-state index in [1.807, 2.05) is 11.0 Å². The quantitative estimate of drug-likeness (QED) is 0.529. The molecule has 1 aromatic carbocycles. The second kappa shape index (κ2) is 9.90. The predicted molar refractivity (Wildman–Crippen MR) is 117 cm³/mol. The number of carbonyl (C=O) groups is 1. The Morgan fingerprint density at radius 2 is 1.91 bits per heavy atom. The van der Waals surface area contributed by atoms with Gasteiger partial charge in [0.15, 0.2) is 17.4 Å². The smallest absolute Gasteiger partial charge is 0.262 e. The lowest BCUT2D eigenvalue weighted by atomic mass is 10.2. The van der Waals surface area contributed by atoms with E-state index in [4.69, 9.17) is 9.57 Å². The van der Waals surface area contributed by atoms with Gasteiger partial charge >= 0.3 is 0 Å². The van der Waals surface area contributed by atoms with Gasteiger partial charge in [-0.1, -0.05) is 0 Å². The van der Waals surface area contributed by atoms with Crippen LogP contribution < -0.4 is 19.8 Å². The van der Waals surface area contributed by atoms with Crippen LogP contribution >= 0.6 is 0 Å². The Balaban J connectivity index is 1.49. The Morgan fingerprint density at radius 3 is 2.60 bits per heavy atom. The van der Waals surface area contributed by atoms with E-state index in [0.29, 0.717) is 24.5 Å². The first-order valence-electron chi connectivity index (χ1n) is 10.4. The summed E-state index contributed by atoms with van der Waals surface area (Å²) >= 11 is 0. The summed E-state index contributed by atoms with van der Waals surface area (Å²) in [6.07, 6.45) is 2.98. The van der Waals surface area contributed by atoms with Crippen molar-refractivity contribution in [1.82, 2.24) is 19.8 Å². The van der Waals surface area contributed by atoms with Gasteiger partial charge in [-0.2, -0.15) is 9.65 Å². The van der Waals surface area contributed by atoms with Crippen molar-refractivity contribution in [2.45, 2.75) is 0 Å². The molecule has 3 aromatic rings. The number of ether oxygens (including phenoxy) is 1. The number of amides is 1. The highest BCUT2D eigenvalue weighted by Gasteiger charge is 2.25. The zero-order valence-corrected chi connectivity index (χ0v) is 18.8. The Morgan fingerprint density at radius 1 is 1.17 bits per heavy atom.